The van der Waals surface area contributed by atoms with Crippen LogP contribution in [0.1, 0.15) is 12.5 Å². The standard InChI is InChI=1S/C30H22F3N3O8/c1-2-35-11-13-36(14-12-35)29-28-24(16-3-5-17(6-4-16)30(31,32)33)25-18(34-29)15-19-26(42-21(38)8-7-20(37)41-19)27(25)43-22(39)9-10-23(40)44-28/h3-10,15H,2,11-14H2,1H3/b8-7-,10-9?. The van der Waals surface area contributed by atoms with Crippen LogP contribution < -0.4 is 25.6 Å². The van der Waals surface area contributed by atoms with Gasteiger partial charge in [0.25, 0.3) is 0 Å². The monoisotopic (exact) mass is 609 g/mol. The average Bonchev–Trinajstić information content (AvgIpc) is 2.99. The molecule has 2 aliphatic rings. The Kier molecular flexibility index (Phi) is 7.29. The van der Waals surface area contributed by atoms with Crippen LogP contribution in [0, 0.1) is 0 Å². The molecule has 4 aromatic rings. The van der Waals surface area contributed by atoms with E-state index in [0.717, 1.165) is 43.0 Å². The number of alkyl halides is 3. The summed E-state index contributed by atoms with van der Waals surface area (Å²) in [6.07, 6.45) is -2.97. The average molecular weight is 610 g/mol. The van der Waals surface area contributed by atoms with Gasteiger partial charge in [0.2, 0.25) is 5.75 Å². The van der Waals surface area contributed by atoms with E-state index in [9.17, 15) is 32.3 Å². The quantitative estimate of drug-likeness (QED) is 0.246. The largest absolute Gasteiger partial charge is 0.419 e. The van der Waals surface area contributed by atoms with Gasteiger partial charge in [-0.3, -0.25) is 0 Å². The van der Waals surface area contributed by atoms with Crippen molar-refractivity contribution in [1.29, 1.82) is 0 Å². The number of rotatable bonds is 3. The molecule has 0 unspecified atom stereocenters. The van der Waals surface area contributed by atoms with Gasteiger partial charge in [-0.05, 0) is 24.2 Å². The van der Waals surface area contributed by atoms with Gasteiger partial charge < -0.3 is 28.1 Å². The molecule has 226 valence electrons. The normalized spacial score (nSPS) is 16.6. The van der Waals surface area contributed by atoms with Crippen molar-refractivity contribution in [2.75, 3.05) is 37.6 Å². The molecule has 0 N–H and O–H groups in total. The third-order valence-electron chi connectivity index (χ3n) is 7.24. The van der Waals surface area contributed by atoms with E-state index in [1.807, 2.05) is 11.8 Å². The van der Waals surface area contributed by atoms with E-state index in [1.165, 1.54) is 18.2 Å². The number of ether oxygens (including phenoxy) is 2. The molecule has 11 nitrogen and oxygen atoms in total. The van der Waals surface area contributed by atoms with Crippen molar-refractivity contribution in [2.24, 2.45) is 0 Å². The molecule has 1 fully saturated rings. The van der Waals surface area contributed by atoms with Gasteiger partial charge in [-0.25, -0.2) is 24.2 Å². The highest BCUT2D eigenvalue weighted by Gasteiger charge is 2.32. The van der Waals surface area contributed by atoms with Crippen molar-refractivity contribution < 1.29 is 41.1 Å². The van der Waals surface area contributed by atoms with Crippen molar-refractivity contribution in [3.63, 3.8) is 0 Å². The van der Waals surface area contributed by atoms with Crippen LogP contribution in [0.3, 0.4) is 0 Å². The number of carbonyl (C=O) groups is 2. The number of fused-ring (bicyclic) bond motifs is 3. The van der Waals surface area contributed by atoms with Crippen LogP contribution in [0.25, 0.3) is 33.2 Å². The Morgan fingerprint density at radius 1 is 0.818 bits per heavy atom. The summed E-state index contributed by atoms with van der Waals surface area (Å²) < 4.78 is 62.6. The minimum atomic E-state index is -4.63. The molecule has 0 aliphatic carbocycles. The number of esters is 2. The maximum atomic E-state index is 13.5. The van der Waals surface area contributed by atoms with E-state index >= 15 is 0 Å². The van der Waals surface area contributed by atoms with Gasteiger partial charge in [0.1, 0.15) is 0 Å². The van der Waals surface area contributed by atoms with E-state index in [2.05, 4.69) is 4.90 Å². The number of pyridine rings is 1. The van der Waals surface area contributed by atoms with Crippen LogP contribution in [-0.4, -0.2) is 54.5 Å². The Labute approximate surface area is 245 Å². The van der Waals surface area contributed by atoms with Crippen LogP contribution >= 0.6 is 0 Å². The van der Waals surface area contributed by atoms with Gasteiger partial charge in [0.15, 0.2) is 22.7 Å². The minimum absolute atomic E-state index is 0.0332. The first-order chi connectivity index (χ1) is 21.0. The van der Waals surface area contributed by atoms with Crippen molar-refractivity contribution in [2.45, 2.75) is 13.1 Å². The lowest BCUT2D eigenvalue weighted by Crippen LogP contribution is -2.46. The zero-order valence-corrected chi connectivity index (χ0v) is 23.0. The highest BCUT2D eigenvalue weighted by atomic mass is 19.4. The van der Waals surface area contributed by atoms with Crippen LogP contribution in [0.15, 0.2) is 73.0 Å². The van der Waals surface area contributed by atoms with Crippen molar-refractivity contribution in [3.05, 3.63) is 81.0 Å². The van der Waals surface area contributed by atoms with Gasteiger partial charge in [-0.2, -0.15) is 13.2 Å². The maximum Gasteiger partial charge on any atom is 0.416 e. The number of carbonyl (C=O) groups excluding carboxylic acids is 2. The fraction of sp³-hybridized carbons (Fsp3) is 0.233. The zero-order valence-electron chi connectivity index (χ0n) is 23.0. The molecule has 2 aromatic carbocycles. The molecule has 14 heteroatoms. The molecule has 0 amide bonds. The predicted octanol–water partition coefficient (Wildman–Crippen LogP) is 4.06. The molecule has 0 atom stereocenters. The first-order valence-electron chi connectivity index (χ1n) is 13.4. The van der Waals surface area contributed by atoms with Gasteiger partial charge in [0, 0.05) is 62.1 Å². The Morgan fingerprint density at radius 3 is 2.05 bits per heavy atom. The van der Waals surface area contributed by atoms with Crippen molar-refractivity contribution >= 4 is 39.8 Å². The minimum Gasteiger partial charge on any atom is -0.419 e. The summed E-state index contributed by atoms with van der Waals surface area (Å²) in [7, 11) is 0. The Bertz CT molecular complexity index is 1990. The third-order valence-corrected chi connectivity index (χ3v) is 7.24. The number of benzene rings is 2. The number of piperazine rings is 1. The summed E-state index contributed by atoms with van der Waals surface area (Å²) in [5.41, 5.74) is -3.31. The van der Waals surface area contributed by atoms with Gasteiger partial charge >= 0.3 is 29.4 Å². The second-order valence-corrected chi connectivity index (χ2v) is 9.91. The molecule has 4 heterocycles. The number of anilines is 1. The predicted molar refractivity (Wildman–Crippen MR) is 150 cm³/mol. The summed E-state index contributed by atoms with van der Waals surface area (Å²) in [6, 6.07) is 6.93. The first-order valence-corrected chi connectivity index (χ1v) is 13.4. The van der Waals surface area contributed by atoms with E-state index in [0.29, 0.717) is 26.2 Å². The molecule has 1 saturated heterocycles. The fourth-order valence-corrected chi connectivity index (χ4v) is 5.10. The first kappa shape index (κ1) is 28.9. The Hall–Kier alpha value is -5.24. The Morgan fingerprint density at radius 2 is 1.43 bits per heavy atom. The number of likely N-dealkylation sites (N-methyl/N-ethyl adjacent to an activating group) is 1. The summed E-state index contributed by atoms with van der Waals surface area (Å²) in [4.78, 5) is 59.4. The number of halogens is 3. The number of hydrogen-bond acceptors (Lipinski definition) is 11. The summed E-state index contributed by atoms with van der Waals surface area (Å²) in [6.45, 7) is 5.04. The van der Waals surface area contributed by atoms with Crippen LogP contribution in [-0.2, 0) is 15.8 Å². The zero-order chi connectivity index (χ0) is 31.2. The molecule has 0 radical (unpaired) electrons. The van der Waals surface area contributed by atoms with E-state index in [1.54, 1.807) is 0 Å². The number of nitrogens with zero attached hydrogens (tertiary/aromatic N) is 3. The SMILES string of the molecule is CCN1CCN(c2nc3cc4c(c5oc(=O)ccc(=O)oc2c(-c2ccc(C(F)(F)F)cc2)c35)OC(=O)/C=C\C(=O)O4)CC1. The molecule has 2 bridgehead atoms. The van der Waals surface area contributed by atoms with E-state index in [-0.39, 0.29) is 39.2 Å². The lowest BCUT2D eigenvalue weighted by atomic mass is 9.97. The summed E-state index contributed by atoms with van der Waals surface area (Å²) in [5.74, 6) is -2.51. The lowest BCUT2D eigenvalue weighted by Gasteiger charge is -2.35. The molecule has 2 aliphatic heterocycles. The van der Waals surface area contributed by atoms with Crippen molar-refractivity contribution in [3.8, 4) is 22.6 Å². The molecule has 6 rings (SSSR count). The summed E-state index contributed by atoms with van der Waals surface area (Å²) in [5, 5.41) is -0.0423. The molecule has 0 spiro atoms. The second-order valence-electron chi connectivity index (χ2n) is 9.91. The highest BCUT2D eigenvalue weighted by Crippen LogP contribution is 2.46. The Balaban J connectivity index is 1.79. The van der Waals surface area contributed by atoms with Gasteiger partial charge in [0.05, 0.1) is 16.5 Å². The number of hydrogen-bond donors (Lipinski definition) is 0. The maximum absolute atomic E-state index is 13.5. The molecule has 2 aromatic heterocycles. The fourth-order valence-electron chi connectivity index (χ4n) is 5.10. The topological polar surface area (TPSA) is 132 Å². The van der Waals surface area contributed by atoms with Crippen LogP contribution in [0.5, 0.6) is 11.5 Å². The van der Waals surface area contributed by atoms with E-state index in [4.69, 9.17) is 23.3 Å². The van der Waals surface area contributed by atoms with Gasteiger partial charge in [-0.15, -0.1) is 0 Å². The number of aromatic nitrogens is 1. The highest BCUT2D eigenvalue weighted by molar-refractivity contribution is 6.15. The van der Waals surface area contributed by atoms with Crippen LogP contribution in [0.4, 0.5) is 19.0 Å². The second kappa shape index (κ2) is 11.1. The molecular weight excluding hydrogens is 587 g/mol. The lowest BCUT2D eigenvalue weighted by molar-refractivity contribution is -0.137. The van der Waals surface area contributed by atoms with Crippen LogP contribution in [0.2, 0.25) is 0 Å². The third kappa shape index (κ3) is 5.46. The summed E-state index contributed by atoms with van der Waals surface area (Å²) >= 11 is 0. The molecule has 0 saturated carbocycles. The van der Waals surface area contributed by atoms with E-state index < -0.39 is 46.3 Å². The van der Waals surface area contributed by atoms with Gasteiger partial charge in [-0.1, -0.05) is 19.1 Å². The molecular formula is C30H22F3N3O8. The van der Waals surface area contributed by atoms with Crippen molar-refractivity contribution in [1.82, 2.24) is 9.88 Å². The smallest absolute Gasteiger partial charge is 0.416 e. The molecule has 44 heavy (non-hydrogen) atoms.